The molecule has 1 atom stereocenters. The lowest BCUT2D eigenvalue weighted by atomic mass is 9.95. The number of amides is 4. The van der Waals surface area contributed by atoms with E-state index in [-0.39, 0.29) is 48.1 Å². The van der Waals surface area contributed by atoms with Crippen LogP contribution in [-0.4, -0.2) is 115 Å². The quantitative estimate of drug-likeness (QED) is 0.161. The van der Waals surface area contributed by atoms with Crippen molar-refractivity contribution in [2.24, 2.45) is 5.92 Å². The molecule has 8 rings (SSSR count). The van der Waals surface area contributed by atoms with Crippen LogP contribution in [0.5, 0.6) is 11.5 Å². The molecule has 310 valence electrons. The van der Waals surface area contributed by atoms with Gasteiger partial charge < -0.3 is 35.2 Å². The number of piperazine rings is 1. The van der Waals surface area contributed by atoms with Gasteiger partial charge in [0.05, 0.1) is 23.8 Å². The molecule has 4 aromatic rings. The summed E-state index contributed by atoms with van der Waals surface area (Å²) in [5, 5.41) is 11.5. The van der Waals surface area contributed by atoms with Gasteiger partial charge in [-0.05, 0) is 55.5 Å². The summed E-state index contributed by atoms with van der Waals surface area (Å²) in [4.78, 5) is 77.1. The predicted octanol–water partition coefficient (Wildman–Crippen LogP) is 2.42. The first kappa shape index (κ1) is 39.8. The number of nitrogens with zero attached hydrogens (tertiary/aromatic N) is 6. The number of aromatic nitrogens is 3. The molecule has 4 amide bonds. The van der Waals surface area contributed by atoms with Crippen molar-refractivity contribution < 1.29 is 33.0 Å². The molecule has 2 aromatic heterocycles. The Morgan fingerprint density at radius 2 is 1.80 bits per heavy atom. The second-order valence-electron chi connectivity index (χ2n) is 15.0. The number of anilines is 4. The van der Waals surface area contributed by atoms with Crippen molar-refractivity contribution in [2.75, 3.05) is 81.2 Å². The first-order valence-corrected chi connectivity index (χ1v) is 20.0. The number of piperidine rings is 2. The van der Waals surface area contributed by atoms with Crippen molar-refractivity contribution in [3.63, 3.8) is 0 Å². The Labute approximate surface area is 343 Å². The van der Waals surface area contributed by atoms with Crippen LogP contribution in [0.25, 0.3) is 10.9 Å². The van der Waals surface area contributed by atoms with E-state index in [0.29, 0.717) is 63.9 Å². The Morgan fingerprint density at radius 1 is 1.00 bits per heavy atom. The van der Waals surface area contributed by atoms with Gasteiger partial charge in [-0.15, -0.1) is 0 Å². The van der Waals surface area contributed by atoms with E-state index in [1.807, 2.05) is 6.07 Å². The highest BCUT2D eigenvalue weighted by atomic mass is 35.5. The van der Waals surface area contributed by atoms with Crippen LogP contribution in [0.1, 0.15) is 36.0 Å². The normalized spacial score (nSPS) is 18.6. The molecule has 0 aliphatic carbocycles. The number of carbonyl (C=O) groups excluding carboxylic acids is 4. The number of pyridine rings is 1. The van der Waals surface area contributed by atoms with Crippen LogP contribution in [0.4, 0.5) is 27.5 Å². The minimum atomic E-state index is -0.876. The third-order valence-electron chi connectivity index (χ3n) is 11.2. The Kier molecular flexibility index (Phi) is 11.5. The molecule has 3 fully saturated rings. The summed E-state index contributed by atoms with van der Waals surface area (Å²) < 4.78 is 28.2. The van der Waals surface area contributed by atoms with Crippen LogP contribution in [0.2, 0.25) is 5.02 Å². The van der Waals surface area contributed by atoms with E-state index in [9.17, 15) is 24.0 Å². The molecule has 0 bridgehead atoms. The first-order chi connectivity index (χ1) is 28.5. The van der Waals surface area contributed by atoms with E-state index in [1.54, 1.807) is 29.0 Å². The van der Waals surface area contributed by atoms with E-state index < -0.39 is 23.7 Å². The topological polar surface area (TPSA) is 192 Å². The number of halogens is 2. The van der Waals surface area contributed by atoms with E-state index in [2.05, 4.69) is 41.0 Å². The van der Waals surface area contributed by atoms with Crippen molar-refractivity contribution in [1.29, 1.82) is 0 Å². The third-order valence-corrected chi connectivity index (χ3v) is 11.5. The minimum Gasteiger partial charge on any atom is -0.489 e. The molecule has 4 aliphatic rings. The largest absolute Gasteiger partial charge is 0.489 e. The maximum absolute atomic E-state index is 15.1. The summed E-state index contributed by atoms with van der Waals surface area (Å²) in [5.41, 5.74) is 1.50. The van der Waals surface area contributed by atoms with E-state index in [1.165, 1.54) is 19.2 Å². The Bertz CT molecular complexity index is 2360. The smallest absolute Gasteiger partial charge is 0.293 e. The number of carbonyl (C=O) groups is 4. The Hall–Kier alpha value is -6.01. The van der Waals surface area contributed by atoms with Gasteiger partial charge in [-0.1, -0.05) is 11.6 Å². The molecule has 3 saturated heterocycles. The number of rotatable bonds is 11. The van der Waals surface area contributed by atoms with Crippen molar-refractivity contribution in [3.05, 3.63) is 69.4 Å². The number of ether oxygens (including phenoxy) is 2. The zero-order valence-electron chi connectivity index (χ0n) is 32.4. The van der Waals surface area contributed by atoms with Gasteiger partial charge in [-0.2, -0.15) is 4.98 Å². The summed E-state index contributed by atoms with van der Waals surface area (Å²) in [7, 11) is 1.50. The van der Waals surface area contributed by atoms with Gasteiger partial charge in [0.25, 0.3) is 17.4 Å². The lowest BCUT2D eigenvalue weighted by Crippen LogP contribution is -2.52. The van der Waals surface area contributed by atoms with Crippen LogP contribution >= 0.6 is 11.6 Å². The predicted molar refractivity (Wildman–Crippen MR) is 217 cm³/mol. The van der Waals surface area contributed by atoms with Gasteiger partial charge in [-0.25, -0.2) is 9.37 Å². The van der Waals surface area contributed by atoms with Crippen molar-refractivity contribution in [2.45, 2.75) is 38.3 Å². The molecule has 0 radical (unpaired) electrons. The van der Waals surface area contributed by atoms with Crippen molar-refractivity contribution in [3.8, 4) is 11.5 Å². The molecule has 4 N–H and O–H groups in total. The number of hydrogen-bond donors (Lipinski definition) is 4. The Balaban J connectivity index is 0.842. The maximum atomic E-state index is 15.1. The summed E-state index contributed by atoms with van der Waals surface area (Å²) in [6.45, 7) is 5.95. The summed E-state index contributed by atoms with van der Waals surface area (Å²) in [5.74, 6) is -0.634. The van der Waals surface area contributed by atoms with E-state index in [0.717, 1.165) is 58.7 Å². The highest BCUT2D eigenvalue weighted by Crippen LogP contribution is 2.35. The standard InChI is InChI=1S/C40H44ClFN10O7/c1-43-34(54)22-59-32-17-24-16-25(18-31-35(24)52(39(32)57)14-15-58-31)45-36-28(41)20-44-40(48-36)51-12-10-49(11-13-51)21-23-6-8-50(9-7-23)26-2-3-27(29(42)19-26)37(55)46-30-4-5-33(53)47-38(30)56/h2-3,16-20,23,30H,4-15,21-22H2,1H3,(H,43,54)(H,46,55)(H,44,45,48)(H,47,53,56). The van der Waals surface area contributed by atoms with Crippen LogP contribution < -0.4 is 46.1 Å². The highest BCUT2D eigenvalue weighted by molar-refractivity contribution is 6.33. The number of benzene rings is 2. The summed E-state index contributed by atoms with van der Waals surface area (Å²) in [6, 6.07) is 8.92. The van der Waals surface area contributed by atoms with Crippen LogP contribution in [-0.2, 0) is 20.9 Å². The van der Waals surface area contributed by atoms with Crippen LogP contribution in [0.3, 0.4) is 0 Å². The molecule has 17 nitrogen and oxygen atoms in total. The average Bonchev–Trinajstić information content (AvgIpc) is 3.23. The summed E-state index contributed by atoms with van der Waals surface area (Å²) in [6.07, 6.45) is 3.76. The monoisotopic (exact) mass is 830 g/mol. The first-order valence-electron chi connectivity index (χ1n) is 19.7. The fourth-order valence-corrected chi connectivity index (χ4v) is 8.12. The number of nitrogens with one attached hydrogen (secondary N) is 4. The lowest BCUT2D eigenvalue weighted by Gasteiger charge is -2.39. The van der Waals surface area contributed by atoms with Crippen molar-refractivity contribution >= 4 is 69.3 Å². The van der Waals surface area contributed by atoms with Gasteiger partial charge in [0.2, 0.25) is 17.8 Å². The van der Waals surface area contributed by atoms with Crippen LogP contribution in [0, 0.1) is 11.7 Å². The van der Waals surface area contributed by atoms with Gasteiger partial charge in [0, 0.05) is 82.1 Å². The minimum absolute atomic E-state index is 0.0659. The molecule has 19 heteroatoms. The molecule has 6 heterocycles. The van der Waals surface area contributed by atoms with Gasteiger partial charge in [-0.3, -0.25) is 38.8 Å². The zero-order chi connectivity index (χ0) is 41.2. The van der Waals surface area contributed by atoms with E-state index in [4.69, 9.17) is 26.1 Å². The number of hydrogen-bond acceptors (Lipinski definition) is 13. The molecule has 1 unspecified atom stereocenters. The molecule has 0 saturated carbocycles. The maximum Gasteiger partial charge on any atom is 0.293 e. The second kappa shape index (κ2) is 17.1. The highest BCUT2D eigenvalue weighted by Gasteiger charge is 2.30. The molecular formula is C40H44ClFN10O7. The van der Waals surface area contributed by atoms with Gasteiger partial charge in [0.15, 0.2) is 18.2 Å². The zero-order valence-corrected chi connectivity index (χ0v) is 33.1. The fourth-order valence-electron chi connectivity index (χ4n) is 7.98. The lowest BCUT2D eigenvalue weighted by molar-refractivity contribution is -0.134. The number of imide groups is 1. The molecule has 2 aromatic carbocycles. The molecule has 59 heavy (non-hydrogen) atoms. The average molecular weight is 831 g/mol. The Morgan fingerprint density at radius 3 is 2.54 bits per heavy atom. The molecular weight excluding hydrogens is 787 g/mol. The molecule has 0 spiro atoms. The fraction of sp³-hybridized carbons (Fsp3) is 0.425. The molecule has 4 aliphatic heterocycles. The van der Waals surface area contributed by atoms with Gasteiger partial charge >= 0.3 is 0 Å². The van der Waals surface area contributed by atoms with Crippen molar-refractivity contribution in [1.82, 2.24) is 35.4 Å². The SMILES string of the molecule is CNC(=O)COc1cc2cc(Nc3nc(N4CCN(CC5CCN(c6ccc(C(=O)NC7CCC(=O)NC7=O)c(F)c6)CC5)CC4)ncc3Cl)cc3c2n(c1=O)CCO3. The van der Waals surface area contributed by atoms with Gasteiger partial charge in [0.1, 0.15) is 29.2 Å². The van der Waals surface area contributed by atoms with Crippen LogP contribution in [0.15, 0.2) is 47.4 Å². The summed E-state index contributed by atoms with van der Waals surface area (Å²) >= 11 is 6.59. The van der Waals surface area contributed by atoms with E-state index >= 15 is 4.39 Å². The third kappa shape index (κ3) is 8.73. The second-order valence-corrected chi connectivity index (χ2v) is 15.4. The number of likely N-dealkylation sites (N-methyl/N-ethyl adjacent to an activating group) is 1.